The van der Waals surface area contributed by atoms with E-state index in [0.29, 0.717) is 0 Å². The van der Waals surface area contributed by atoms with E-state index >= 15 is 0 Å². The highest BCUT2D eigenvalue weighted by molar-refractivity contribution is 4.66. The topological polar surface area (TPSA) is 0 Å². The van der Waals surface area contributed by atoms with E-state index in [-0.39, 0.29) is 0 Å². The van der Waals surface area contributed by atoms with Crippen molar-refractivity contribution in [1.82, 2.24) is 0 Å². The molecule has 0 aromatic heterocycles. The third-order valence-corrected chi connectivity index (χ3v) is 3.87. The first-order valence-electron chi connectivity index (χ1n) is 5.19. The highest BCUT2D eigenvalue weighted by Crippen LogP contribution is 2.30. The predicted octanol–water partition coefficient (Wildman–Crippen LogP) is 2.17. The van der Waals surface area contributed by atoms with Gasteiger partial charge in [0, 0.05) is 12.8 Å². The smallest absolute Gasteiger partial charge is 0.0861 e. The van der Waals surface area contributed by atoms with Crippen molar-refractivity contribution < 1.29 is 4.48 Å². The van der Waals surface area contributed by atoms with Gasteiger partial charge in [-0.05, 0) is 26.2 Å². The lowest BCUT2D eigenvalue weighted by Crippen LogP contribution is -2.54. The van der Waals surface area contributed by atoms with Crippen molar-refractivity contribution in [1.29, 1.82) is 0 Å². The highest BCUT2D eigenvalue weighted by Gasteiger charge is 2.38. The first-order chi connectivity index (χ1) is 5.33. The molecule has 0 N–H and O–H groups in total. The van der Waals surface area contributed by atoms with Gasteiger partial charge >= 0.3 is 0 Å². The zero-order valence-electron chi connectivity index (χ0n) is 7.68. The average molecular weight is 154 g/mol. The van der Waals surface area contributed by atoms with Gasteiger partial charge in [0.2, 0.25) is 0 Å². The number of rotatable bonds is 0. The molecule has 2 aliphatic rings. The maximum atomic E-state index is 2.46. The molecule has 0 bridgehead atoms. The van der Waals surface area contributed by atoms with Gasteiger partial charge < -0.3 is 4.48 Å². The molecule has 0 aromatic rings. The summed E-state index contributed by atoms with van der Waals surface area (Å²) >= 11 is 0. The van der Waals surface area contributed by atoms with E-state index in [0.717, 1.165) is 6.04 Å². The van der Waals surface area contributed by atoms with Gasteiger partial charge in [-0.1, -0.05) is 0 Å². The van der Waals surface area contributed by atoms with Crippen molar-refractivity contribution in [2.24, 2.45) is 0 Å². The Bertz CT molecular complexity index is 136. The molecule has 0 aromatic carbocycles. The molecule has 2 rings (SSSR count). The fourth-order valence-corrected chi connectivity index (χ4v) is 2.99. The summed E-state index contributed by atoms with van der Waals surface area (Å²) in [6.07, 6.45) is 7.44. The van der Waals surface area contributed by atoms with Crippen LogP contribution in [0.3, 0.4) is 0 Å². The van der Waals surface area contributed by atoms with Crippen molar-refractivity contribution in [3.63, 3.8) is 0 Å². The Hall–Kier alpha value is -0.0400. The average Bonchev–Trinajstić information content (AvgIpc) is 2.46. The molecule has 1 heteroatoms. The lowest BCUT2D eigenvalue weighted by atomic mass is 10.0. The van der Waals surface area contributed by atoms with Crippen LogP contribution in [-0.4, -0.2) is 30.2 Å². The van der Waals surface area contributed by atoms with Gasteiger partial charge in [0.1, 0.15) is 0 Å². The van der Waals surface area contributed by atoms with Gasteiger partial charge in [-0.25, -0.2) is 0 Å². The minimum atomic E-state index is 0.978. The fraction of sp³-hybridized carbons (Fsp3) is 1.00. The summed E-state index contributed by atoms with van der Waals surface area (Å²) in [5.74, 6) is 0. The second-order valence-electron chi connectivity index (χ2n) is 4.44. The molecular formula is C10H20N+. The minimum Gasteiger partial charge on any atom is -0.321 e. The Labute approximate surface area is 70.0 Å². The Kier molecular flexibility index (Phi) is 1.92. The quantitative estimate of drug-likeness (QED) is 0.469. The highest BCUT2D eigenvalue weighted by atomic mass is 15.4. The Morgan fingerprint density at radius 3 is 2.00 bits per heavy atom. The van der Waals surface area contributed by atoms with Crippen LogP contribution < -0.4 is 0 Å². The standard InChI is InChI=1S/C10H20N/c1-10-6-2-3-7-11(10)8-4-5-9-11/h10H,2-9H2,1H3/q+1. The van der Waals surface area contributed by atoms with E-state index in [4.69, 9.17) is 0 Å². The van der Waals surface area contributed by atoms with Gasteiger partial charge in [-0.15, -0.1) is 0 Å². The van der Waals surface area contributed by atoms with Gasteiger partial charge in [-0.3, -0.25) is 0 Å². The predicted molar refractivity (Wildman–Crippen MR) is 47.4 cm³/mol. The zero-order valence-corrected chi connectivity index (χ0v) is 7.68. The summed E-state index contributed by atoms with van der Waals surface area (Å²) in [5.41, 5.74) is 0. The van der Waals surface area contributed by atoms with Crippen LogP contribution in [0.1, 0.15) is 39.0 Å². The molecule has 0 amide bonds. The molecule has 1 spiro atoms. The van der Waals surface area contributed by atoms with Gasteiger partial charge in [0.15, 0.2) is 0 Å². The molecule has 11 heavy (non-hydrogen) atoms. The van der Waals surface area contributed by atoms with Crippen molar-refractivity contribution in [2.45, 2.75) is 45.1 Å². The van der Waals surface area contributed by atoms with Crippen LogP contribution in [0, 0.1) is 0 Å². The number of piperidine rings is 1. The third-order valence-electron chi connectivity index (χ3n) is 3.87. The monoisotopic (exact) mass is 154 g/mol. The van der Waals surface area contributed by atoms with Crippen molar-refractivity contribution in [3.8, 4) is 0 Å². The molecule has 0 aliphatic carbocycles. The summed E-state index contributed by atoms with van der Waals surface area (Å²) in [5, 5.41) is 0. The Morgan fingerprint density at radius 2 is 1.45 bits per heavy atom. The Balaban J connectivity index is 2.07. The molecule has 1 nitrogen and oxygen atoms in total. The number of hydrogen-bond donors (Lipinski definition) is 0. The SMILES string of the molecule is CC1CCCC[N+]12CCCC2. The largest absolute Gasteiger partial charge is 0.321 e. The minimum absolute atomic E-state index is 0.978. The van der Waals surface area contributed by atoms with E-state index in [9.17, 15) is 0 Å². The van der Waals surface area contributed by atoms with Crippen LogP contribution in [0.4, 0.5) is 0 Å². The summed E-state index contributed by atoms with van der Waals surface area (Å²) in [6.45, 7) is 6.92. The van der Waals surface area contributed by atoms with Crippen LogP contribution in [0.5, 0.6) is 0 Å². The molecule has 2 saturated heterocycles. The van der Waals surface area contributed by atoms with Crippen molar-refractivity contribution in [2.75, 3.05) is 19.6 Å². The van der Waals surface area contributed by atoms with E-state index < -0.39 is 0 Å². The van der Waals surface area contributed by atoms with Crippen LogP contribution >= 0.6 is 0 Å². The molecule has 0 radical (unpaired) electrons. The zero-order chi connectivity index (χ0) is 7.73. The summed E-state index contributed by atoms with van der Waals surface area (Å²) in [4.78, 5) is 0. The molecule has 2 fully saturated rings. The normalized spacial score (nSPS) is 36.3. The maximum absolute atomic E-state index is 2.46. The van der Waals surface area contributed by atoms with Crippen molar-refractivity contribution >= 4 is 0 Å². The molecule has 2 heterocycles. The molecule has 64 valence electrons. The number of hydrogen-bond acceptors (Lipinski definition) is 0. The van der Waals surface area contributed by atoms with E-state index in [1.807, 2.05) is 0 Å². The lowest BCUT2D eigenvalue weighted by molar-refractivity contribution is -0.943. The molecular weight excluding hydrogens is 134 g/mol. The Morgan fingerprint density at radius 1 is 0.909 bits per heavy atom. The molecule has 1 atom stereocenters. The number of quaternary nitrogens is 1. The first-order valence-corrected chi connectivity index (χ1v) is 5.19. The van der Waals surface area contributed by atoms with E-state index in [2.05, 4.69) is 6.92 Å². The maximum Gasteiger partial charge on any atom is 0.0861 e. The second kappa shape index (κ2) is 2.78. The van der Waals surface area contributed by atoms with Gasteiger partial charge in [0.05, 0.1) is 25.7 Å². The summed E-state index contributed by atoms with van der Waals surface area (Å²) in [7, 11) is 0. The lowest BCUT2D eigenvalue weighted by Gasteiger charge is -2.43. The van der Waals surface area contributed by atoms with Gasteiger partial charge in [-0.2, -0.15) is 0 Å². The third kappa shape index (κ3) is 1.20. The molecule has 2 aliphatic heterocycles. The molecule has 0 saturated carbocycles. The molecule has 1 unspecified atom stereocenters. The van der Waals surface area contributed by atoms with Crippen LogP contribution in [-0.2, 0) is 0 Å². The fourth-order valence-electron chi connectivity index (χ4n) is 2.99. The summed E-state index contributed by atoms with van der Waals surface area (Å²) < 4.78 is 1.49. The summed E-state index contributed by atoms with van der Waals surface area (Å²) in [6, 6.07) is 0.978. The van der Waals surface area contributed by atoms with Gasteiger partial charge in [0.25, 0.3) is 0 Å². The van der Waals surface area contributed by atoms with E-state index in [1.54, 1.807) is 0 Å². The van der Waals surface area contributed by atoms with Crippen molar-refractivity contribution in [3.05, 3.63) is 0 Å². The second-order valence-corrected chi connectivity index (χ2v) is 4.44. The van der Waals surface area contributed by atoms with Crippen LogP contribution in [0.2, 0.25) is 0 Å². The van der Waals surface area contributed by atoms with Crippen LogP contribution in [0.15, 0.2) is 0 Å². The van der Waals surface area contributed by atoms with Crippen LogP contribution in [0.25, 0.3) is 0 Å². The number of nitrogens with zero attached hydrogens (tertiary/aromatic N) is 1. The van der Waals surface area contributed by atoms with E-state index in [1.165, 1.54) is 56.2 Å². The first kappa shape index (κ1) is 7.60.